The van der Waals surface area contributed by atoms with Crippen LogP contribution in [-0.2, 0) is 9.31 Å². The molecule has 22 heavy (non-hydrogen) atoms. The Morgan fingerprint density at radius 2 is 1.64 bits per heavy atom. The summed E-state index contributed by atoms with van der Waals surface area (Å²) in [5, 5.41) is 0. The van der Waals surface area contributed by atoms with Crippen LogP contribution in [0, 0.1) is 0 Å². The zero-order valence-electron chi connectivity index (χ0n) is 14.0. The van der Waals surface area contributed by atoms with Gasteiger partial charge in [0, 0.05) is 16.1 Å². The van der Waals surface area contributed by atoms with Crippen molar-refractivity contribution in [2.75, 3.05) is 0 Å². The average molecular weight is 366 g/mol. The smallest absolute Gasteiger partial charge is 0.398 e. The largest absolute Gasteiger partial charge is 0.514 e. The maximum atomic E-state index is 6.14. The number of rotatable bonds is 2. The summed E-state index contributed by atoms with van der Waals surface area (Å²) in [6.07, 6.45) is 6.46. The van der Waals surface area contributed by atoms with Crippen molar-refractivity contribution in [2.24, 2.45) is 0 Å². The lowest BCUT2D eigenvalue weighted by Gasteiger charge is -2.32. The van der Waals surface area contributed by atoms with Gasteiger partial charge in [0.1, 0.15) is 0 Å². The Bertz CT molecular complexity index is 540. The fraction of sp³-hybridized carbons (Fsp3) is 0.706. The summed E-state index contributed by atoms with van der Waals surface area (Å²) >= 11 is 3.63. The summed E-state index contributed by atoms with van der Waals surface area (Å²) in [6, 6.07) is 4.18. The molecule has 1 saturated carbocycles. The molecule has 1 aliphatic heterocycles. The molecular weight excluding hydrogens is 341 g/mol. The van der Waals surface area contributed by atoms with E-state index < -0.39 is 0 Å². The first-order valence-corrected chi connectivity index (χ1v) is 9.11. The Kier molecular flexibility index (Phi) is 4.43. The quantitative estimate of drug-likeness (QED) is 0.736. The third kappa shape index (κ3) is 3.13. The molecule has 1 saturated heterocycles. The summed E-state index contributed by atoms with van der Waals surface area (Å²) in [5.41, 5.74) is 1.41. The third-order valence-corrected chi connectivity index (χ3v) is 5.81. The van der Waals surface area contributed by atoms with E-state index in [1.807, 2.05) is 6.07 Å². The van der Waals surface area contributed by atoms with Crippen LogP contribution >= 0.6 is 15.9 Å². The lowest BCUT2D eigenvalue weighted by Crippen LogP contribution is -2.41. The van der Waals surface area contributed by atoms with Gasteiger partial charge in [0.05, 0.1) is 16.8 Å². The topological polar surface area (TPSA) is 31.4 Å². The molecule has 0 amide bonds. The number of hydrogen-bond acceptors (Lipinski definition) is 3. The Hall–Kier alpha value is -0.385. The number of pyridine rings is 1. The first-order chi connectivity index (χ1) is 10.3. The highest BCUT2D eigenvalue weighted by Crippen LogP contribution is 2.37. The predicted molar refractivity (Wildman–Crippen MR) is 93.5 cm³/mol. The lowest BCUT2D eigenvalue weighted by atomic mass is 9.82. The van der Waals surface area contributed by atoms with Crippen molar-refractivity contribution >= 4 is 28.6 Å². The van der Waals surface area contributed by atoms with Gasteiger partial charge in [0.15, 0.2) is 0 Å². The molecular formula is C17H25BBrNO2. The van der Waals surface area contributed by atoms with Crippen molar-refractivity contribution in [3.8, 4) is 0 Å². The monoisotopic (exact) mass is 365 g/mol. The molecule has 3 rings (SSSR count). The second-order valence-electron chi connectivity index (χ2n) is 7.56. The normalized spacial score (nSPS) is 24.7. The third-order valence-electron chi connectivity index (χ3n) is 5.35. The minimum Gasteiger partial charge on any atom is -0.398 e. The van der Waals surface area contributed by atoms with E-state index >= 15 is 0 Å². The minimum absolute atomic E-state index is 0.327. The molecule has 0 aromatic carbocycles. The van der Waals surface area contributed by atoms with Crippen molar-refractivity contribution in [1.82, 2.24) is 4.98 Å². The first kappa shape index (κ1) is 16.5. The van der Waals surface area contributed by atoms with Crippen LogP contribution in [-0.4, -0.2) is 23.3 Å². The fourth-order valence-corrected chi connectivity index (χ4v) is 3.70. The van der Waals surface area contributed by atoms with Gasteiger partial charge < -0.3 is 9.31 Å². The highest BCUT2D eigenvalue weighted by molar-refractivity contribution is 9.10. The molecule has 5 heteroatoms. The zero-order valence-corrected chi connectivity index (χ0v) is 15.6. The van der Waals surface area contributed by atoms with Gasteiger partial charge in [-0.2, -0.15) is 0 Å². The van der Waals surface area contributed by atoms with E-state index in [-0.39, 0.29) is 18.3 Å². The van der Waals surface area contributed by atoms with Crippen LogP contribution in [0.3, 0.4) is 0 Å². The van der Waals surface area contributed by atoms with Gasteiger partial charge >= 0.3 is 7.12 Å². The van der Waals surface area contributed by atoms with Crippen molar-refractivity contribution in [2.45, 2.75) is 76.9 Å². The van der Waals surface area contributed by atoms with Gasteiger partial charge in [-0.25, -0.2) is 0 Å². The first-order valence-electron chi connectivity index (χ1n) is 8.31. The van der Waals surface area contributed by atoms with E-state index in [1.54, 1.807) is 0 Å². The predicted octanol–water partition coefficient (Wildman–Crippen LogP) is 4.19. The number of aromatic nitrogens is 1. The molecule has 1 aromatic heterocycles. The summed E-state index contributed by atoms with van der Waals surface area (Å²) in [6.45, 7) is 8.31. The molecule has 0 unspecified atom stereocenters. The number of nitrogens with zero attached hydrogens (tertiary/aromatic N) is 1. The molecule has 120 valence electrons. The SMILES string of the molecule is CC1(C)OB(c2cc(Br)cc(C3CCCCC3)n2)OC1(C)C. The Labute approximate surface area is 142 Å². The van der Waals surface area contributed by atoms with Crippen LogP contribution in [0.5, 0.6) is 0 Å². The maximum absolute atomic E-state index is 6.14. The van der Waals surface area contributed by atoms with E-state index in [4.69, 9.17) is 14.3 Å². The molecule has 0 atom stereocenters. The van der Waals surface area contributed by atoms with E-state index in [0.717, 1.165) is 10.1 Å². The number of hydrogen-bond donors (Lipinski definition) is 0. The standard InChI is InChI=1S/C17H25BBrNO2/c1-16(2)17(3,4)22-18(21-16)15-11-13(19)10-14(20-15)12-8-6-5-7-9-12/h10-12H,5-9H2,1-4H3. The zero-order chi connectivity index (χ0) is 16.0. The van der Waals surface area contributed by atoms with Crippen molar-refractivity contribution in [3.63, 3.8) is 0 Å². The molecule has 0 radical (unpaired) electrons. The maximum Gasteiger partial charge on any atom is 0.514 e. The van der Waals surface area contributed by atoms with Gasteiger partial charge in [0.25, 0.3) is 0 Å². The Morgan fingerprint density at radius 3 is 2.23 bits per heavy atom. The summed E-state index contributed by atoms with van der Waals surface area (Å²) in [5.74, 6) is 0.576. The molecule has 2 fully saturated rings. The van der Waals surface area contributed by atoms with E-state index in [1.165, 1.54) is 37.8 Å². The summed E-state index contributed by atoms with van der Waals surface area (Å²) in [7, 11) is -0.384. The molecule has 0 N–H and O–H groups in total. The van der Waals surface area contributed by atoms with Gasteiger partial charge in [-0.3, -0.25) is 4.98 Å². The van der Waals surface area contributed by atoms with Crippen LogP contribution in [0.2, 0.25) is 0 Å². The van der Waals surface area contributed by atoms with Gasteiger partial charge in [-0.15, -0.1) is 0 Å². The van der Waals surface area contributed by atoms with Gasteiger partial charge in [0.2, 0.25) is 0 Å². The van der Waals surface area contributed by atoms with Crippen molar-refractivity contribution in [3.05, 3.63) is 22.3 Å². The van der Waals surface area contributed by atoms with Gasteiger partial charge in [-0.1, -0.05) is 35.2 Å². The second-order valence-corrected chi connectivity index (χ2v) is 8.47. The van der Waals surface area contributed by atoms with Crippen molar-refractivity contribution < 1.29 is 9.31 Å². The van der Waals surface area contributed by atoms with Crippen molar-refractivity contribution in [1.29, 1.82) is 0 Å². The molecule has 1 aliphatic carbocycles. The summed E-state index contributed by atoms with van der Waals surface area (Å²) in [4.78, 5) is 4.89. The molecule has 3 nitrogen and oxygen atoms in total. The molecule has 2 heterocycles. The molecule has 2 aliphatic rings. The molecule has 1 aromatic rings. The average Bonchev–Trinajstić information content (AvgIpc) is 2.68. The Balaban J connectivity index is 1.87. The fourth-order valence-electron chi connectivity index (χ4n) is 3.23. The van der Waals surface area contributed by atoms with Gasteiger partial charge in [-0.05, 0) is 52.7 Å². The van der Waals surface area contributed by atoms with Crippen LogP contribution in [0.4, 0.5) is 0 Å². The van der Waals surface area contributed by atoms with Crippen LogP contribution in [0.25, 0.3) is 0 Å². The lowest BCUT2D eigenvalue weighted by molar-refractivity contribution is 0.00578. The highest BCUT2D eigenvalue weighted by atomic mass is 79.9. The summed E-state index contributed by atoms with van der Waals surface area (Å²) < 4.78 is 13.3. The number of halogens is 1. The molecule has 0 bridgehead atoms. The van der Waals surface area contributed by atoms with Crippen LogP contribution < -0.4 is 5.59 Å². The van der Waals surface area contributed by atoms with E-state index in [2.05, 4.69) is 49.7 Å². The van der Waals surface area contributed by atoms with E-state index in [0.29, 0.717) is 5.92 Å². The minimum atomic E-state index is -0.384. The second kappa shape index (κ2) is 5.92. The van der Waals surface area contributed by atoms with E-state index in [9.17, 15) is 0 Å². The Morgan fingerprint density at radius 1 is 1.05 bits per heavy atom. The van der Waals surface area contributed by atoms with Crippen LogP contribution in [0.15, 0.2) is 16.6 Å². The molecule has 0 spiro atoms. The van der Waals surface area contributed by atoms with Crippen LogP contribution in [0.1, 0.15) is 71.4 Å². The highest BCUT2D eigenvalue weighted by Gasteiger charge is 2.52.